The lowest BCUT2D eigenvalue weighted by Crippen LogP contribution is -2.49. The van der Waals surface area contributed by atoms with Crippen molar-refractivity contribution in [2.45, 2.75) is 6.92 Å². The molecule has 2 heterocycles. The first-order valence-electron chi connectivity index (χ1n) is 11.9. The van der Waals surface area contributed by atoms with Gasteiger partial charge in [0.05, 0.1) is 36.7 Å². The van der Waals surface area contributed by atoms with Crippen LogP contribution >= 0.6 is 0 Å². The lowest BCUT2D eigenvalue weighted by atomic mass is 10.0. The molecule has 1 saturated heterocycles. The standard InChI is InChI=1S/C29H28FN3O3/c1-19-8-11-25-22(16-19)23(18-26(31-25)21-10-9-20(35-2)17-28(21)36-3)29(34)33-14-12-32(13-15-33)27-7-5-4-6-24(27)30/h4-11,16-18H,12-15H2,1-3H3. The smallest absolute Gasteiger partial charge is 0.254 e. The summed E-state index contributed by atoms with van der Waals surface area (Å²) in [5.74, 6) is 0.988. The Hall–Kier alpha value is -4.13. The zero-order valence-electron chi connectivity index (χ0n) is 20.6. The van der Waals surface area contributed by atoms with Crippen LogP contribution in [0.25, 0.3) is 22.2 Å². The van der Waals surface area contributed by atoms with Crippen LogP contribution < -0.4 is 14.4 Å². The number of fused-ring (bicyclic) bond motifs is 1. The molecule has 0 N–H and O–H groups in total. The van der Waals surface area contributed by atoms with Crippen LogP contribution in [0.2, 0.25) is 0 Å². The average molecular weight is 486 g/mol. The number of halogens is 1. The maximum Gasteiger partial charge on any atom is 0.254 e. The molecule has 1 amide bonds. The number of hydrogen-bond donors (Lipinski definition) is 0. The van der Waals surface area contributed by atoms with Crippen molar-refractivity contribution in [2.24, 2.45) is 0 Å². The van der Waals surface area contributed by atoms with Crippen molar-refractivity contribution in [2.75, 3.05) is 45.3 Å². The minimum Gasteiger partial charge on any atom is -0.497 e. The van der Waals surface area contributed by atoms with Crippen molar-refractivity contribution in [1.29, 1.82) is 0 Å². The maximum atomic E-state index is 14.3. The van der Waals surface area contributed by atoms with Gasteiger partial charge in [0, 0.05) is 43.2 Å². The van der Waals surface area contributed by atoms with Crippen LogP contribution in [0.3, 0.4) is 0 Å². The van der Waals surface area contributed by atoms with Gasteiger partial charge in [0.1, 0.15) is 17.3 Å². The molecule has 1 aromatic heterocycles. The summed E-state index contributed by atoms with van der Waals surface area (Å²) in [5.41, 5.74) is 4.39. The Kier molecular flexibility index (Phi) is 6.46. The molecule has 0 aliphatic carbocycles. The number of anilines is 1. The number of carbonyl (C=O) groups excluding carboxylic acids is 1. The maximum absolute atomic E-state index is 14.3. The first kappa shape index (κ1) is 23.6. The van der Waals surface area contributed by atoms with E-state index < -0.39 is 0 Å². The molecule has 1 aliphatic heterocycles. The van der Waals surface area contributed by atoms with Crippen LogP contribution in [0.5, 0.6) is 11.5 Å². The van der Waals surface area contributed by atoms with Crippen molar-refractivity contribution in [3.05, 3.63) is 83.7 Å². The van der Waals surface area contributed by atoms with Crippen LogP contribution in [0, 0.1) is 12.7 Å². The van der Waals surface area contributed by atoms with Crippen LogP contribution in [-0.2, 0) is 0 Å². The largest absolute Gasteiger partial charge is 0.497 e. The van der Waals surface area contributed by atoms with Crippen molar-refractivity contribution in [3.8, 4) is 22.8 Å². The first-order chi connectivity index (χ1) is 17.5. The average Bonchev–Trinajstić information content (AvgIpc) is 2.92. The van der Waals surface area contributed by atoms with Crippen molar-refractivity contribution < 1.29 is 18.7 Å². The third kappa shape index (κ3) is 4.44. The van der Waals surface area contributed by atoms with E-state index in [1.165, 1.54) is 6.07 Å². The molecule has 0 unspecified atom stereocenters. The Bertz CT molecular complexity index is 1430. The zero-order chi connectivity index (χ0) is 25.2. The monoisotopic (exact) mass is 485 g/mol. The third-order valence-electron chi connectivity index (χ3n) is 6.64. The summed E-state index contributed by atoms with van der Waals surface area (Å²) in [6.07, 6.45) is 0. The molecular weight excluding hydrogens is 457 g/mol. The molecule has 6 nitrogen and oxygen atoms in total. The van der Waals surface area contributed by atoms with Gasteiger partial charge in [-0.15, -0.1) is 0 Å². The SMILES string of the molecule is COc1ccc(-c2cc(C(=O)N3CCN(c4ccccc4F)CC3)c3cc(C)ccc3n2)c(OC)c1. The second-order valence-corrected chi connectivity index (χ2v) is 8.87. The fourth-order valence-corrected chi connectivity index (χ4v) is 4.69. The number of carbonyl (C=O) groups is 1. The molecule has 1 aliphatic rings. The highest BCUT2D eigenvalue weighted by atomic mass is 19.1. The van der Waals surface area contributed by atoms with Gasteiger partial charge in [-0.1, -0.05) is 23.8 Å². The van der Waals surface area contributed by atoms with E-state index in [4.69, 9.17) is 14.5 Å². The number of methoxy groups -OCH3 is 2. The molecule has 0 spiro atoms. The lowest BCUT2D eigenvalue weighted by Gasteiger charge is -2.36. The number of piperazine rings is 1. The molecule has 7 heteroatoms. The molecule has 36 heavy (non-hydrogen) atoms. The molecular formula is C29H28FN3O3. The van der Waals surface area contributed by atoms with Crippen molar-refractivity contribution >= 4 is 22.5 Å². The number of benzene rings is 3. The molecule has 3 aromatic carbocycles. The highest BCUT2D eigenvalue weighted by Crippen LogP contribution is 2.35. The van der Waals surface area contributed by atoms with Gasteiger partial charge in [0.15, 0.2) is 0 Å². The minimum atomic E-state index is -0.244. The number of para-hydroxylation sites is 1. The van der Waals surface area contributed by atoms with Gasteiger partial charge in [-0.25, -0.2) is 9.37 Å². The van der Waals surface area contributed by atoms with Crippen LogP contribution in [0.4, 0.5) is 10.1 Å². The van der Waals surface area contributed by atoms with Crippen molar-refractivity contribution in [3.63, 3.8) is 0 Å². The zero-order valence-corrected chi connectivity index (χ0v) is 20.6. The highest BCUT2D eigenvalue weighted by molar-refractivity contribution is 6.07. The van der Waals surface area contributed by atoms with Gasteiger partial charge >= 0.3 is 0 Å². The number of ether oxygens (including phenoxy) is 2. The summed E-state index contributed by atoms with van der Waals surface area (Å²) in [6.45, 7) is 4.14. The van der Waals surface area contributed by atoms with E-state index >= 15 is 0 Å². The Morgan fingerprint density at radius 3 is 2.42 bits per heavy atom. The molecule has 0 radical (unpaired) electrons. The fourth-order valence-electron chi connectivity index (χ4n) is 4.69. The summed E-state index contributed by atoms with van der Waals surface area (Å²) in [6, 6.07) is 20.1. The summed E-state index contributed by atoms with van der Waals surface area (Å²) in [4.78, 5) is 22.5. The fraction of sp³-hybridized carbons (Fsp3) is 0.241. The summed E-state index contributed by atoms with van der Waals surface area (Å²) >= 11 is 0. The van der Waals surface area contributed by atoms with Gasteiger partial charge < -0.3 is 19.3 Å². The van der Waals surface area contributed by atoms with E-state index in [1.54, 1.807) is 32.4 Å². The van der Waals surface area contributed by atoms with E-state index in [2.05, 4.69) is 0 Å². The van der Waals surface area contributed by atoms with Crippen LogP contribution in [0.1, 0.15) is 15.9 Å². The predicted molar refractivity (Wildman–Crippen MR) is 140 cm³/mol. The van der Waals surface area contributed by atoms with E-state index in [9.17, 15) is 9.18 Å². The summed E-state index contributed by atoms with van der Waals surface area (Å²) in [7, 11) is 3.21. The van der Waals surface area contributed by atoms with E-state index in [-0.39, 0.29) is 11.7 Å². The third-order valence-corrected chi connectivity index (χ3v) is 6.64. The number of pyridine rings is 1. The van der Waals surface area contributed by atoms with Gasteiger partial charge in [0.25, 0.3) is 5.91 Å². The number of aromatic nitrogens is 1. The number of aryl methyl sites for hydroxylation is 1. The minimum absolute atomic E-state index is 0.0603. The Balaban J connectivity index is 1.50. The highest BCUT2D eigenvalue weighted by Gasteiger charge is 2.26. The van der Waals surface area contributed by atoms with Gasteiger partial charge in [-0.05, 0) is 49.4 Å². The number of nitrogens with zero attached hydrogens (tertiary/aromatic N) is 3. The van der Waals surface area contributed by atoms with Gasteiger partial charge in [-0.2, -0.15) is 0 Å². The molecule has 0 atom stereocenters. The van der Waals surface area contributed by atoms with E-state index in [0.717, 1.165) is 22.0 Å². The Labute approximate surface area is 209 Å². The second-order valence-electron chi connectivity index (χ2n) is 8.87. The van der Waals surface area contributed by atoms with E-state index in [0.29, 0.717) is 54.6 Å². The Morgan fingerprint density at radius 1 is 0.917 bits per heavy atom. The molecule has 5 rings (SSSR count). The second kappa shape index (κ2) is 9.85. The lowest BCUT2D eigenvalue weighted by molar-refractivity contribution is 0.0748. The number of rotatable bonds is 5. The summed E-state index contributed by atoms with van der Waals surface area (Å²) in [5, 5.41) is 0.813. The van der Waals surface area contributed by atoms with Crippen LogP contribution in [-0.4, -0.2) is 56.2 Å². The molecule has 0 saturated carbocycles. The molecule has 1 fully saturated rings. The van der Waals surface area contributed by atoms with Gasteiger partial charge in [-0.3, -0.25) is 4.79 Å². The Morgan fingerprint density at radius 2 is 1.69 bits per heavy atom. The topological polar surface area (TPSA) is 54.9 Å². The normalized spacial score (nSPS) is 13.7. The first-order valence-corrected chi connectivity index (χ1v) is 11.9. The number of hydrogen-bond acceptors (Lipinski definition) is 5. The van der Waals surface area contributed by atoms with Gasteiger partial charge in [0.2, 0.25) is 0 Å². The molecule has 184 valence electrons. The van der Waals surface area contributed by atoms with E-state index in [1.807, 2.05) is 59.2 Å². The quantitative estimate of drug-likeness (QED) is 0.383. The summed E-state index contributed by atoms with van der Waals surface area (Å²) < 4.78 is 25.2. The van der Waals surface area contributed by atoms with Crippen molar-refractivity contribution in [1.82, 2.24) is 9.88 Å². The molecule has 4 aromatic rings. The predicted octanol–water partition coefficient (Wildman–Crippen LogP) is 5.33. The number of amides is 1. The molecule has 0 bridgehead atoms. The van der Waals surface area contributed by atoms with Crippen LogP contribution in [0.15, 0.2) is 66.7 Å².